The first-order valence-corrected chi connectivity index (χ1v) is 9.05. The van der Waals surface area contributed by atoms with Crippen LogP contribution in [0.4, 0.5) is 5.69 Å². The molecule has 1 heterocycles. The number of sulfonamides is 1. The topological polar surface area (TPSA) is 75.4 Å². The van der Waals surface area contributed by atoms with Gasteiger partial charge < -0.3 is 10.6 Å². The molecule has 1 aliphatic heterocycles. The van der Waals surface area contributed by atoms with Crippen LogP contribution in [0.1, 0.15) is 31.2 Å². The maximum Gasteiger partial charge on any atom is 0.240 e. The first kappa shape index (κ1) is 16.3. The second kappa shape index (κ2) is 7.24. The lowest BCUT2D eigenvalue weighted by Gasteiger charge is -2.20. The zero-order chi connectivity index (χ0) is 15.3. The van der Waals surface area contributed by atoms with Crippen LogP contribution >= 0.6 is 0 Å². The molecule has 0 atom stereocenters. The number of nitrogens with one attached hydrogen (secondary N) is 1. The lowest BCUT2D eigenvalue weighted by Crippen LogP contribution is -2.35. The number of hydrogen-bond donors (Lipinski definition) is 2. The molecule has 0 aromatic heterocycles. The van der Waals surface area contributed by atoms with Crippen molar-refractivity contribution in [3.8, 4) is 0 Å². The number of nitrogen functional groups attached to an aromatic ring is 1. The summed E-state index contributed by atoms with van der Waals surface area (Å²) in [6, 6.07) is 4.87. The van der Waals surface area contributed by atoms with Gasteiger partial charge in [-0.1, -0.05) is 12.8 Å². The van der Waals surface area contributed by atoms with E-state index in [0.29, 0.717) is 22.7 Å². The highest BCUT2D eigenvalue weighted by Crippen LogP contribution is 2.17. The van der Waals surface area contributed by atoms with Crippen LogP contribution in [-0.2, 0) is 10.0 Å². The number of anilines is 1. The van der Waals surface area contributed by atoms with E-state index >= 15 is 0 Å². The van der Waals surface area contributed by atoms with Gasteiger partial charge in [0.1, 0.15) is 0 Å². The number of nitrogens with two attached hydrogens (primary N) is 1. The van der Waals surface area contributed by atoms with E-state index < -0.39 is 10.0 Å². The molecule has 6 heteroatoms. The molecule has 1 saturated heterocycles. The fraction of sp³-hybridized carbons (Fsp3) is 0.600. The number of benzene rings is 1. The summed E-state index contributed by atoms with van der Waals surface area (Å²) in [5, 5.41) is 0. The van der Waals surface area contributed by atoms with Gasteiger partial charge in [0.2, 0.25) is 10.0 Å². The Morgan fingerprint density at radius 1 is 1.19 bits per heavy atom. The summed E-state index contributed by atoms with van der Waals surface area (Å²) in [5.41, 5.74) is 6.92. The Hall–Kier alpha value is -1.11. The molecule has 0 amide bonds. The first-order chi connectivity index (χ1) is 9.99. The molecular weight excluding hydrogens is 286 g/mol. The second-order valence-corrected chi connectivity index (χ2v) is 7.41. The third kappa shape index (κ3) is 4.69. The number of rotatable bonds is 5. The highest BCUT2D eigenvalue weighted by Gasteiger charge is 2.17. The number of aryl methyl sites for hydroxylation is 1. The summed E-state index contributed by atoms with van der Waals surface area (Å²) < 4.78 is 27.3. The summed E-state index contributed by atoms with van der Waals surface area (Å²) in [4.78, 5) is 2.65. The van der Waals surface area contributed by atoms with Crippen LogP contribution in [0.3, 0.4) is 0 Å². The third-order valence-electron chi connectivity index (χ3n) is 3.91. The van der Waals surface area contributed by atoms with Crippen LogP contribution in [0.25, 0.3) is 0 Å². The molecule has 0 spiro atoms. The van der Waals surface area contributed by atoms with Gasteiger partial charge in [-0.2, -0.15) is 0 Å². The molecule has 0 bridgehead atoms. The summed E-state index contributed by atoms with van der Waals surface area (Å²) in [7, 11) is -3.45. The van der Waals surface area contributed by atoms with Crippen LogP contribution in [0, 0.1) is 6.92 Å². The van der Waals surface area contributed by atoms with Crippen LogP contribution < -0.4 is 10.5 Å². The average Bonchev–Trinajstić information content (AvgIpc) is 2.66. The first-order valence-electron chi connectivity index (χ1n) is 7.57. The van der Waals surface area contributed by atoms with Crippen molar-refractivity contribution in [3.63, 3.8) is 0 Å². The molecule has 2 rings (SSSR count). The lowest BCUT2D eigenvalue weighted by atomic mass is 10.2. The van der Waals surface area contributed by atoms with Crippen molar-refractivity contribution in [1.29, 1.82) is 0 Å². The van der Waals surface area contributed by atoms with E-state index in [0.717, 1.165) is 19.6 Å². The van der Waals surface area contributed by atoms with E-state index in [-0.39, 0.29) is 0 Å². The maximum atomic E-state index is 12.3. The van der Waals surface area contributed by atoms with Crippen LogP contribution in [0.15, 0.2) is 23.1 Å². The van der Waals surface area contributed by atoms with Gasteiger partial charge in [0.15, 0.2) is 0 Å². The zero-order valence-corrected chi connectivity index (χ0v) is 13.5. The van der Waals surface area contributed by atoms with Gasteiger partial charge in [-0.05, 0) is 56.6 Å². The van der Waals surface area contributed by atoms with Crippen molar-refractivity contribution < 1.29 is 8.42 Å². The molecule has 5 nitrogen and oxygen atoms in total. The van der Waals surface area contributed by atoms with E-state index in [1.54, 1.807) is 25.1 Å². The number of likely N-dealkylation sites (tertiary alicyclic amines) is 1. The largest absolute Gasteiger partial charge is 0.399 e. The summed E-state index contributed by atoms with van der Waals surface area (Å²) in [6.45, 7) is 5.13. The standard InChI is InChI=1S/C15H25N3O2S/c1-13-12-14(16)6-7-15(13)21(19,20)17-8-11-18-9-4-2-3-5-10-18/h6-7,12,17H,2-5,8-11,16H2,1H3. The summed E-state index contributed by atoms with van der Waals surface area (Å²) >= 11 is 0. The Morgan fingerprint density at radius 2 is 1.86 bits per heavy atom. The fourth-order valence-corrected chi connectivity index (χ4v) is 4.00. The molecular formula is C15H25N3O2S. The van der Waals surface area contributed by atoms with Gasteiger partial charge in [-0.3, -0.25) is 0 Å². The molecule has 0 saturated carbocycles. The highest BCUT2D eigenvalue weighted by atomic mass is 32.2. The van der Waals surface area contributed by atoms with Gasteiger partial charge >= 0.3 is 0 Å². The zero-order valence-electron chi connectivity index (χ0n) is 12.6. The predicted molar refractivity (Wildman–Crippen MR) is 85.7 cm³/mol. The minimum Gasteiger partial charge on any atom is -0.399 e. The molecule has 0 radical (unpaired) electrons. The van der Waals surface area contributed by atoms with Gasteiger partial charge in [-0.15, -0.1) is 0 Å². The van der Waals surface area contributed by atoms with Crippen LogP contribution in [0.5, 0.6) is 0 Å². The molecule has 1 aromatic rings. The van der Waals surface area contributed by atoms with Gasteiger partial charge in [0.25, 0.3) is 0 Å². The van der Waals surface area contributed by atoms with Crippen LogP contribution in [0.2, 0.25) is 0 Å². The minimum atomic E-state index is -3.45. The molecule has 118 valence electrons. The van der Waals surface area contributed by atoms with Crippen molar-refractivity contribution in [2.45, 2.75) is 37.5 Å². The van der Waals surface area contributed by atoms with Crippen molar-refractivity contribution in [2.75, 3.05) is 31.9 Å². The summed E-state index contributed by atoms with van der Waals surface area (Å²) in [5.74, 6) is 0. The molecule has 3 N–H and O–H groups in total. The van der Waals surface area contributed by atoms with Gasteiger partial charge in [0.05, 0.1) is 4.90 Å². The summed E-state index contributed by atoms with van der Waals surface area (Å²) in [6.07, 6.45) is 4.99. The monoisotopic (exact) mass is 311 g/mol. The molecule has 0 unspecified atom stereocenters. The number of nitrogens with zero attached hydrogens (tertiary/aromatic N) is 1. The molecule has 1 fully saturated rings. The Labute approximate surface area is 127 Å². The molecule has 21 heavy (non-hydrogen) atoms. The van der Waals surface area contributed by atoms with Gasteiger partial charge in [0, 0.05) is 18.8 Å². The van der Waals surface area contributed by atoms with Crippen molar-refractivity contribution in [3.05, 3.63) is 23.8 Å². The van der Waals surface area contributed by atoms with Crippen LogP contribution in [-0.4, -0.2) is 39.5 Å². The molecule has 1 aliphatic rings. The van der Waals surface area contributed by atoms with Gasteiger partial charge in [-0.25, -0.2) is 13.1 Å². The third-order valence-corrected chi connectivity index (χ3v) is 5.53. The minimum absolute atomic E-state index is 0.313. The highest BCUT2D eigenvalue weighted by molar-refractivity contribution is 7.89. The van der Waals surface area contributed by atoms with Crippen molar-refractivity contribution in [1.82, 2.24) is 9.62 Å². The van der Waals surface area contributed by atoms with E-state index in [1.165, 1.54) is 25.7 Å². The van der Waals surface area contributed by atoms with E-state index in [4.69, 9.17) is 5.73 Å². The Morgan fingerprint density at radius 3 is 2.48 bits per heavy atom. The van der Waals surface area contributed by atoms with E-state index in [9.17, 15) is 8.42 Å². The maximum absolute atomic E-state index is 12.3. The van der Waals surface area contributed by atoms with E-state index in [1.807, 2.05) is 0 Å². The molecule has 0 aliphatic carbocycles. The Bertz CT molecular complexity index is 564. The average molecular weight is 311 g/mol. The normalized spacial score (nSPS) is 17.6. The smallest absolute Gasteiger partial charge is 0.240 e. The van der Waals surface area contributed by atoms with Crippen molar-refractivity contribution >= 4 is 15.7 Å². The Balaban J connectivity index is 1.91. The van der Waals surface area contributed by atoms with Crippen molar-refractivity contribution in [2.24, 2.45) is 0 Å². The molecule has 1 aromatic carbocycles. The SMILES string of the molecule is Cc1cc(N)ccc1S(=O)(=O)NCCN1CCCCCC1. The van der Waals surface area contributed by atoms with E-state index in [2.05, 4.69) is 9.62 Å². The number of hydrogen-bond acceptors (Lipinski definition) is 4. The lowest BCUT2D eigenvalue weighted by molar-refractivity contribution is 0.290. The predicted octanol–water partition coefficient (Wildman–Crippen LogP) is 1.73. The fourth-order valence-electron chi connectivity index (χ4n) is 2.75. The quantitative estimate of drug-likeness (QED) is 0.812. The Kier molecular flexibility index (Phi) is 5.61. The second-order valence-electron chi connectivity index (χ2n) is 5.68.